The monoisotopic (exact) mass is 354 g/mol. The average Bonchev–Trinajstić information content (AvgIpc) is 2.68. The molecule has 2 aromatic carbocycles. The number of fused-ring (bicyclic) bond motifs is 1. The summed E-state index contributed by atoms with van der Waals surface area (Å²) in [5.41, 5.74) is 1.06. The molecule has 1 N–H and O–H groups in total. The standard InChI is InChI=1S/C22H30N2O2/c1-16(22(25)23-11-8-17-9-12-24(2)13-10-17)18-4-5-20-15-21(26-3)7-6-19(20)14-18/h4-7,14-17H,8-13H2,1-3H3,(H,23,25)/t16-/m0/s1. The molecule has 1 fully saturated rings. The van der Waals surface area contributed by atoms with Crippen LogP contribution in [-0.2, 0) is 4.79 Å². The highest BCUT2D eigenvalue weighted by molar-refractivity contribution is 5.88. The van der Waals surface area contributed by atoms with E-state index in [2.05, 4.69) is 29.4 Å². The zero-order chi connectivity index (χ0) is 18.5. The van der Waals surface area contributed by atoms with E-state index in [-0.39, 0.29) is 11.8 Å². The van der Waals surface area contributed by atoms with Gasteiger partial charge in [-0.05, 0) is 80.7 Å². The highest BCUT2D eigenvalue weighted by Gasteiger charge is 2.18. The predicted molar refractivity (Wildman–Crippen MR) is 107 cm³/mol. The molecular formula is C22H30N2O2. The number of methoxy groups -OCH3 is 1. The summed E-state index contributed by atoms with van der Waals surface area (Å²) in [6.07, 6.45) is 3.58. The van der Waals surface area contributed by atoms with Crippen molar-refractivity contribution in [2.45, 2.75) is 32.1 Å². The molecule has 0 unspecified atom stereocenters. The van der Waals surface area contributed by atoms with Crippen molar-refractivity contribution in [1.82, 2.24) is 10.2 Å². The van der Waals surface area contributed by atoms with Crippen LogP contribution >= 0.6 is 0 Å². The fourth-order valence-electron chi connectivity index (χ4n) is 3.69. The van der Waals surface area contributed by atoms with E-state index in [1.54, 1.807) is 7.11 Å². The third kappa shape index (κ3) is 4.55. The highest BCUT2D eigenvalue weighted by Crippen LogP contribution is 2.25. The summed E-state index contributed by atoms with van der Waals surface area (Å²) in [5.74, 6) is 1.58. The third-order valence-corrected chi connectivity index (χ3v) is 5.65. The molecule has 1 saturated heterocycles. The molecule has 26 heavy (non-hydrogen) atoms. The number of nitrogens with zero attached hydrogens (tertiary/aromatic N) is 1. The van der Waals surface area contributed by atoms with Gasteiger partial charge in [0.15, 0.2) is 0 Å². The number of likely N-dealkylation sites (tertiary alicyclic amines) is 1. The van der Waals surface area contributed by atoms with Crippen LogP contribution in [0.1, 0.15) is 37.7 Å². The minimum absolute atomic E-state index is 0.116. The van der Waals surface area contributed by atoms with Crippen LogP contribution in [0.15, 0.2) is 36.4 Å². The fraction of sp³-hybridized carbons (Fsp3) is 0.500. The molecule has 0 aromatic heterocycles. The molecule has 0 saturated carbocycles. The number of rotatable bonds is 6. The van der Waals surface area contributed by atoms with Crippen molar-refractivity contribution in [2.24, 2.45) is 5.92 Å². The number of piperidine rings is 1. The van der Waals surface area contributed by atoms with Gasteiger partial charge < -0.3 is 15.0 Å². The number of carbonyl (C=O) groups excluding carboxylic acids is 1. The van der Waals surface area contributed by atoms with Crippen molar-refractivity contribution in [2.75, 3.05) is 33.8 Å². The summed E-state index contributed by atoms with van der Waals surface area (Å²) in [6.45, 7) is 5.12. The molecule has 1 atom stereocenters. The van der Waals surface area contributed by atoms with Crippen LogP contribution in [0, 0.1) is 5.92 Å². The van der Waals surface area contributed by atoms with Crippen LogP contribution in [0.5, 0.6) is 5.75 Å². The van der Waals surface area contributed by atoms with E-state index in [0.29, 0.717) is 0 Å². The molecule has 4 heteroatoms. The van der Waals surface area contributed by atoms with Gasteiger partial charge in [-0.3, -0.25) is 4.79 Å². The second-order valence-corrected chi connectivity index (χ2v) is 7.52. The molecule has 1 aliphatic heterocycles. The van der Waals surface area contributed by atoms with E-state index in [0.717, 1.165) is 41.0 Å². The van der Waals surface area contributed by atoms with Gasteiger partial charge >= 0.3 is 0 Å². The lowest BCUT2D eigenvalue weighted by Crippen LogP contribution is -2.33. The lowest BCUT2D eigenvalue weighted by Gasteiger charge is -2.29. The first-order chi connectivity index (χ1) is 12.6. The van der Waals surface area contributed by atoms with Gasteiger partial charge in [-0.2, -0.15) is 0 Å². The number of nitrogens with one attached hydrogen (secondary N) is 1. The first-order valence-corrected chi connectivity index (χ1v) is 9.61. The van der Waals surface area contributed by atoms with Crippen LogP contribution in [0.3, 0.4) is 0 Å². The topological polar surface area (TPSA) is 41.6 Å². The molecule has 3 rings (SSSR count). The summed E-state index contributed by atoms with van der Waals surface area (Å²) >= 11 is 0. The molecule has 1 aliphatic rings. The van der Waals surface area contributed by atoms with Gasteiger partial charge in [0, 0.05) is 6.54 Å². The number of amides is 1. The Labute approximate surface area is 156 Å². The smallest absolute Gasteiger partial charge is 0.227 e. The fourth-order valence-corrected chi connectivity index (χ4v) is 3.69. The molecule has 1 heterocycles. The first kappa shape index (κ1) is 18.7. The summed E-state index contributed by atoms with van der Waals surface area (Å²) < 4.78 is 5.27. The quantitative estimate of drug-likeness (QED) is 0.858. The molecule has 1 amide bonds. The van der Waals surface area contributed by atoms with Gasteiger partial charge in [0.25, 0.3) is 0 Å². The van der Waals surface area contributed by atoms with Crippen LogP contribution in [0.4, 0.5) is 0 Å². The van der Waals surface area contributed by atoms with Crippen molar-refractivity contribution in [3.05, 3.63) is 42.0 Å². The Morgan fingerprint density at radius 3 is 2.62 bits per heavy atom. The second kappa shape index (κ2) is 8.54. The van der Waals surface area contributed by atoms with E-state index < -0.39 is 0 Å². The van der Waals surface area contributed by atoms with Gasteiger partial charge in [-0.1, -0.05) is 24.3 Å². The number of hydrogen-bond donors (Lipinski definition) is 1. The summed E-state index contributed by atoms with van der Waals surface area (Å²) in [5, 5.41) is 5.39. The Hall–Kier alpha value is -2.07. The van der Waals surface area contributed by atoms with Crippen LogP contribution in [0.25, 0.3) is 10.8 Å². The molecular weight excluding hydrogens is 324 g/mol. The van der Waals surface area contributed by atoms with E-state index in [9.17, 15) is 4.79 Å². The van der Waals surface area contributed by atoms with Crippen molar-refractivity contribution < 1.29 is 9.53 Å². The summed E-state index contributed by atoms with van der Waals surface area (Å²) in [4.78, 5) is 14.9. The SMILES string of the molecule is COc1ccc2cc([C@H](C)C(=O)NCCC3CCN(C)CC3)ccc2c1. The third-order valence-electron chi connectivity index (χ3n) is 5.65. The van der Waals surface area contributed by atoms with Gasteiger partial charge in [-0.15, -0.1) is 0 Å². The number of hydrogen-bond acceptors (Lipinski definition) is 3. The maximum absolute atomic E-state index is 12.5. The van der Waals surface area contributed by atoms with E-state index in [4.69, 9.17) is 4.74 Å². The van der Waals surface area contributed by atoms with Crippen molar-refractivity contribution >= 4 is 16.7 Å². The maximum atomic E-state index is 12.5. The van der Waals surface area contributed by atoms with Gasteiger partial charge in [0.1, 0.15) is 5.75 Å². The van der Waals surface area contributed by atoms with Crippen molar-refractivity contribution in [3.8, 4) is 5.75 Å². The Kier molecular flexibility index (Phi) is 6.15. The first-order valence-electron chi connectivity index (χ1n) is 9.61. The Balaban J connectivity index is 1.55. The lowest BCUT2D eigenvalue weighted by atomic mass is 9.93. The highest BCUT2D eigenvalue weighted by atomic mass is 16.5. The summed E-state index contributed by atoms with van der Waals surface area (Å²) in [6, 6.07) is 12.2. The zero-order valence-corrected chi connectivity index (χ0v) is 16.1. The Bertz CT molecular complexity index is 751. The molecule has 0 spiro atoms. The van der Waals surface area contributed by atoms with Crippen molar-refractivity contribution in [1.29, 1.82) is 0 Å². The van der Waals surface area contributed by atoms with Gasteiger partial charge in [0.2, 0.25) is 5.91 Å². The number of carbonyl (C=O) groups is 1. The maximum Gasteiger partial charge on any atom is 0.227 e. The van der Waals surface area contributed by atoms with E-state index >= 15 is 0 Å². The lowest BCUT2D eigenvalue weighted by molar-refractivity contribution is -0.122. The summed E-state index contributed by atoms with van der Waals surface area (Å²) in [7, 11) is 3.85. The Morgan fingerprint density at radius 1 is 1.19 bits per heavy atom. The normalized spacial score (nSPS) is 17.2. The minimum Gasteiger partial charge on any atom is -0.497 e. The average molecular weight is 354 g/mol. The zero-order valence-electron chi connectivity index (χ0n) is 16.1. The predicted octanol–water partition coefficient (Wildman–Crippen LogP) is 3.80. The van der Waals surface area contributed by atoms with E-state index in [1.807, 2.05) is 31.2 Å². The molecule has 140 valence electrons. The number of ether oxygens (including phenoxy) is 1. The second-order valence-electron chi connectivity index (χ2n) is 7.52. The molecule has 0 aliphatic carbocycles. The Morgan fingerprint density at radius 2 is 1.88 bits per heavy atom. The van der Waals surface area contributed by atoms with Crippen LogP contribution < -0.4 is 10.1 Å². The van der Waals surface area contributed by atoms with Gasteiger partial charge in [-0.25, -0.2) is 0 Å². The van der Waals surface area contributed by atoms with Crippen LogP contribution in [0.2, 0.25) is 0 Å². The largest absolute Gasteiger partial charge is 0.497 e. The van der Waals surface area contributed by atoms with Gasteiger partial charge in [0.05, 0.1) is 13.0 Å². The van der Waals surface area contributed by atoms with E-state index in [1.165, 1.54) is 25.9 Å². The van der Waals surface area contributed by atoms with Crippen molar-refractivity contribution in [3.63, 3.8) is 0 Å². The molecule has 2 aromatic rings. The minimum atomic E-state index is -0.140. The van der Waals surface area contributed by atoms with Crippen LogP contribution in [-0.4, -0.2) is 44.6 Å². The molecule has 0 radical (unpaired) electrons. The number of benzene rings is 2. The molecule has 0 bridgehead atoms. The molecule has 4 nitrogen and oxygen atoms in total.